The molecule has 5 nitrogen and oxygen atoms in total. The molecule has 1 aliphatic heterocycles. The standard InChI is InChI=1S/C17H25N3O2/c18-13-6-5-12(11-13)17(22)19-15-3-1-2-4-16(15)20-9-7-14(21)8-10-20/h1-4,12-14,21H,5-11,18H2,(H,19,22). The van der Waals surface area contributed by atoms with Gasteiger partial charge in [0, 0.05) is 25.0 Å². The Hall–Kier alpha value is -1.59. The van der Waals surface area contributed by atoms with E-state index in [1.807, 2.05) is 24.3 Å². The summed E-state index contributed by atoms with van der Waals surface area (Å²) < 4.78 is 0. The van der Waals surface area contributed by atoms with E-state index in [1.54, 1.807) is 0 Å². The summed E-state index contributed by atoms with van der Waals surface area (Å²) in [6, 6.07) is 8.08. The van der Waals surface area contributed by atoms with Crippen LogP contribution in [-0.4, -0.2) is 36.2 Å². The average molecular weight is 303 g/mol. The number of para-hydroxylation sites is 2. The van der Waals surface area contributed by atoms with E-state index in [0.29, 0.717) is 0 Å². The minimum Gasteiger partial charge on any atom is -0.393 e. The number of nitrogens with one attached hydrogen (secondary N) is 1. The molecule has 0 bridgehead atoms. The van der Waals surface area contributed by atoms with Crippen molar-refractivity contribution in [1.82, 2.24) is 0 Å². The maximum atomic E-state index is 12.4. The third kappa shape index (κ3) is 3.42. The van der Waals surface area contributed by atoms with Crippen molar-refractivity contribution in [1.29, 1.82) is 0 Å². The van der Waals surface area contributed by atoms with Crippen LogP contribution in [0.25, 0.3) is 0 Å². The first-order chi connectivity index (χ1) is 10.6. The smallest absolute Gasteiger partial charge is 0.227 e. The molecule has 1 saturated carbocycles. The number of aliphatic hydroxyl groups excluding tert-OH is 1. The first-order valence-corrected chi connectivity index (χ1v) is 8.22. The molecule has 0 radical (unpaired) electrons. The number of benzene rings is 1. The Morgan fingerprint density at radius 2 is 1.91 bits per heavy atom. The second-order valence-electron chi connectivity index (χ2n) is 6.49. The molecule has 22 heavy (non-hydrogen) atoms. The van der Waals surface area contributed by atoms with Gasteiger partial charge in [0.15, 0.2) is 0 Å². The largest absolute Gasteiger partial charge is 0.393 e. The van der Waals surface area contributed by atoms with E-state index < -0.39 is 0 Å². The van der Waals surface area contributed by atoms with Crippen LogP contribution in [0.3, 0.4) is 0 Å². The molecule has 2 atom stereocenters. The van der Waals surface area contributed by atoms with E-state index in [-0.39, 0.29) is 24.0 Å². The molecule has 120 valence electrons. The summed E-state index contributed by atoms with van der Waals surface area (Å²) in [7, 11) is 0. The normalized spacial score (nSPS) is 26.2. The van der Waals surface area contributed by atoms with Gasteiger partial charge in [-0.25, -0.2) is 0 Å². The Morgan fingerprint density at radius 3 is 2.59 bits per heavy atom. The van der Waals surface area contributed by atoms with Crippen LogP contribution in [0.5, 0.6) is 0 Å². The van der Waals surface area contributed by atoms with Gasteiger partial charge in [0.05, 0.1) is 17.5 Å². The maximum Gasteiger partial charge on any atom is 0.227 e. The number of hydrogen-bond acceptors (Lipinski definition) is 4. The zero-order valence-electron chi connectivity index (χ0n) is 12.9. The lowest BCUT2D eigenvalue weighted by Gasteiger charge is -2.33. The summed E-state index contributed by atoms with van der Waals surface area (Å²) in [6.07, 6.45) is 3.95. The van der Waals surface area contributed by atoms with Crippen molar-refractivity contribution < 1.29 is 9.90 Å². The summed E-state index contributed by atoms with van der Waals surface area (Å²) in [6.45, 7) is 1.64. The number of piperidine rings is 1. The quantitative estimate of drug-likeness (QED) is 0.794. The predicted molar refractivity (Wildman–Crippen MR) is 87.8 cm³/mol. The topological polar surface area (TPSA) is 78.6 Å². The fraction of sp³-hybridized carbons (Fsp3) is 0.588. The van der Waals surface area contributed by atoms with Crippen molar-refractivity contribution in [3.63, 3.8) is 0 Å². The molecule has 3 rings (SSSR count). The van der Waals surface area contributed by atoms with Gasteiger partial charge < -0.3 is 21.1 Å². The molecule has 1 heterocycles. The van der Waals surface area contributed by atoms with E-state index in [9.17, 15) is 9.90 Å². The van der Waals surface area contributed by atoms with Crippen molar-refractivity contribution in [3.8, 4) is 0 Å². The minimum atomic E-state index is -0.196. The van der Waals surface area contributed by atoms with Crippen LogP contribution in [0.4, 0.5) is 11.4 Å². The molecule has 1 aromatic rings. The first-order valence-electron chi connectivity index (χ1n) is 8.22. The lowest BCUT2D eigenvalue weighted by atomic mass is 10.1. The summed E-state index contributed by atoms with van der Waals surface area (Å²) >= 11 is 0. The van der Waals surface area contributed by atoms with Gasteiger partial charge in [-0.15, -0.1) is 0 Å². The lowest BCUT2D eigenvalue weighted by molar-refractivity contribution is -0.119. The maximum absolute atomic E-state index is 12.4. The fourth-order valence-electron chi connectivity index (χ4n) is 3.45. The summed E-state index contributed by atoms with van der Waals surface area (Å²) in [5.74, 6) is 0.115. The number of rotatable bonds is 3. The van der Waals surface area contributed by atoms with Crippen LogP contribution in [0, 0.1) is 5.92 Å². The second kappa shape index (κ2) is 6.67. The highest BCUT2D eigenvalue weighted by atomic mass is 16.3. The molecule has 1 amide bonds. The average Bonchev–Trinajstić information content (AvgIpc) is 2.95. The highest BCUT2D eigenvalue weighted by molar-refractivity contribution is 5.96. The number of anilines is 2. The van der Waals surface area contributed by atoms with E-state index in [2.05, 4.69) is 10.2 Å². The Bertz CT molecular complexity index is 526. The fourth-order valence-corrected chi connectivity index (χ4v) is 3.45. The number of hydrogen-bond donors (Lipinski definition) is 3. The van der Waals surface area contributed by atoms with Crippen LogP contribution in [-0.2, 0) is 4.79 Å². The van der Waals surface area contributed by atoms with E-state index in [4.69, 9.17) is 5.73 Å². The molecule has 0 spiro atoms. The van der Waals surface area contributed by atoms with Crippen LogP contribution >= 0.6 is 0 Å². The molecule has 1 aromatic carbocycles. The summed E-state index contributed by atoms with van der Waals surface area (Å²) in [5.41, 5.74) is 7.82. The van der Waals surface area contributed by atoms with E-state index in [0.717, 1.165) is 56.6 Å². The van der Waals surface area contributed by atoms with Crippen molar-refractivity contribution >= 4 is 17.3 Å². The van der Waals surface area contributed by atoms with Crippen molar-refractivity contribution in [2.45, 2.75) is 44.2 Å². The van der Waals surface area contributed by atoms with Crippen LogP contribution in [0.15, 0.2) is 24.3 Å². The van der Waals surface area contributed by atoms with Crippen LogP contribution < -0.4 is 16.0 Å². The Kier molecular flexibility index (Phi) is 4.64. The van der Waals surface area contributed by atoms with Gasteiger partial charge in [0.1, 0.15) is 0 Å². The first kappa shape index (κ1) is 15.3. The zero-order valence-corrected chi connectivity index (χ0v) is 12.9. The molecule has 2 aliphatic rings. The molecule has 2 unspecified atom stereocenters. The number of nitrogens with zero attached hydrogens (tertiary/aromatic N) is 1. The predicted octanol–water partition coefficient (Wildman–Crippen LogP) is 1.71. The third-order valence-electron chi connectivity index (χ3n) is 4.81. The Labute approximate surface area is 131 Å². The van der Waals surface area contributed by atoms with Crippen molar-refractivity contribution in [2.24, 2.45) is 11.7 Å². The lowest BCUT2D eigenvalue weighted by Crippen LogP contribution is -2.36. The van der Waals surface area contributed by atoms with Gasteiger partial charge in [-0.3, -0.25) is 4.79 Å². The molecule has 5 heteroatoms. The van der Waals surface area contributed by atoms with Gasteiger partial charge in [0.2, 0.25) is 5.91 Å². The van der Waals surface area contributed by atoms with E-state index >= 15 is 0 Å². The number of carbonyl (C=O) groups is 1. The molecule has 4 N–H and O–H groups in total. The monoisotopic (exact) mass is 303 g/mol. The SMILES string of the molecule is NC1CCC(C(=O)Nc2ccccc2N2CCC(O)CC2)C1. The molecule has 0 aromatic heterocycles. The highest BCUT2D eigenvalue weighted by Crippen LogP contribution is 2.31. The second-order valence-corrected chi connectivity index (χ2v) is 6.49. The van der Waals surface area contributed by atoms with Gasteiger partial charge in [-0.1, -0.05) is 12.1 Å². The molecule has 1 aliphatic carbocycles. The Balaban J connectivity index is 1.70. The van der Waals surface area contributed by atoms with Crippen LogP contribution in [0.2, 0.25) is 0 Å². The third-order valence-corrected chi connectivity index (χ3v) is 4.81. The zero-order chi connectivity index (χ0) is 15.5. The van der Waals surface area contributed by atoms with Crippen LogP contribution in [0.1, 0.15) is 32.1 Å². The molecular weight excluding hydrogens is 278 g/mol. The molecular formula is C17H25N3O2. The Morgan fingerprint density at radius 1 is 1.18 bits per heavy atom. The number of amides is 1. The van der Waals surface area contributed by atoms with Gasteiger partial charge in [-0.2, -0.15) is 0 Å². The minimum absolute atomic E-state index is 0.0336. The number of aliphatic hydroxyl groups is 1. The summed E-state index contributed by atoms with van der Waals surface area (Å²) in [5, 5.41) is 12.7. The highest BCUT2D eigenvalue weighted by Gasteiger charge is 2.28. The van der Waals surface area contributed by atoms with Gasteiger partial charge in [-0.05, 0) is 44.2 Å². The summed E-state index contributed by atoms with van der Waals surface area (Å²) in [4.78, 5) is 14.7. The van der Waals surface area contributed by atoms with Crippen molar-refractivity contribution in [2.75, 3.05) is 23.3 Å². The number of carbonyl (C=O) groups excluding carboxylic acids is 1. The van der Waals surface area contributed by atoms with Gasteiger partial charge >= 0.3 is 0 Å². The molecule has 1 saturated heterocycles. The van der Waals surface area contributed by atoms with E-state index in [1.165, 1.54) is 0 Å². The number of nitrogens with two attached hydrogens (primary N) is 1. The molecule has 2 fully saturated rings. The van der Waals surface area contributed by atoms with Crippen molar-refractivity contribution in [3.05, 3.63) is 24.3 Å². The van der Waals surface area contributed by atoms with Gasteiger partial charge in [0.25, 0.3) is 0 Å².